The first-order valence-electron chi connectivity index (χ1n) is 11.3. The summed E-state index contributed by atoms with van der Waals surface area (Å²) in [6, 6.07) is 12.4. The van der Waals surface area contributed by atoms with Gasteiger partial charge in [0.05, 0.1) is 11.1 Å². The van der Waals surface area contributed by atoms with Crippen LogP contribution in [0.2, 0.25) is 30.7 Å². The summed E-state index contributed by atoms with van der Waals surface area (Å²) in [5.41, 5.74) is 2.72. The first kappa shape index (κ1) is 25.3. The van der Waals surface area contributed by atoms with Crippen LogP contribution in [0.15, 0.2) is 40.9 Å². The number of aryl methyl sites for hydroxylation is 1. The van der Waals surface area contributed by atoms with Crippen molar-refractivity contribution in [1.82, 2.24) is 10.1 Å². The third-order valence-corrected chi connectivity index (χ3v) is 6.97. The molecule has 0 aliphatic heterocycles. The molecule has 3 rings (SSSR count). The Morgan fingerprint density at radius 3 is 2.55 bits per heavy atom. The Morgan fingerprint density at radius 2 is 1.88 bits per heavy atom. The molecule has 0 atom stereocenters. The van der Waals surface area contributed by atoms with Gasteiger partial charge in [-0.05, 0) is 68.3 Å². The highest BCUT2D eigenvalue weighted by molar-refractivity contribution is 6.76. The highest BCUT2D eigenvalue weighted by atomic mass is 35.5. The molecule has 178 valence electrons. The van der Waals surface area contributed by atoms with Crippen molar-refractivity contribution in [1.29, 1.82) is 0 Å². The molecule has 0 unspecified atom stereocenters. The van der Waals surface area contributed by atoms with E-state index >= 15 is 0 Å². The number of ether oxygens (including phenoxy) is 3. The van der Waals surface area contributed by atoms with E-state index in [4.69, 9.17) is 30.3 Å². The molecule has 0 bridgehead atoms. The Morgan fingerprint density at radius 1 is 1.09 bits per heavy atom. The van der Waals surface area contributed by atoms with E-state index in [1.165, 1.54) is 0 Å². The van der Waals surface area contributed by atoms with Crippen LogP contribution in [0.5, 0.6) is 11.5 Å². The number of benzene rings is 2. The van der Waals surface area contributed by atoms with Crippen LogP contribution in [0.3, 0.4) is 0 Å². The van der Waals surface area contributed by atoms with E-state index < -0.39 is 8.07 Å². The molecule has 2 aromatic carbocycles. The molecule has 0 saturated carbocycles. The lowest BCUT2D eigenvalue weighted by Gasteiger charge is -2.15. The number of hydrogen-bond donors (Lipinski definition) is 0. The van der Waals surface area contributed by atoms with Crippen molar-refractivity contribution < 1.29 is 18.7 Å². The van der Waals surface area contributed by atoms with Gasteiger partial charge in [0.15, 0.2) is 6.79 Å². The van der Waals surface area contributed by atoms with E-state index in [-0.39, 0.29) is 12.9 Å². The summed E-state index contributed by atoms with van der Waals surface area (Å²) in [6.45, 7) is 14.0. The maximum Gasteiger partial charge on any atom is 0.258 e. The molecule has 3 aromatic rings. The van der Waals surface area contributed by atoms with E-state index in [0.717, 1.165) is 41.5 Å². The summed E-state index contributed by atoms with van der Waals surface area (Å²) in [4.78, 5) is 4.59. The first-order valence-corrected chi connectivity index (χ1v) is 15.4. The second kappa shape index (κ2) is 11.2. The Balaban J connectivity index is 1.69. The molecular weight excluding hydrogens is 456 g/mol. The fourth-order valence-corrected chi connectivity index (χ4v) is 4.13. The van der Waals surface area contributed by atoms with Gasteiger partial charge in [0.25, 0.3) is 5.89 Å². The van der Waals surface area contributed by atoms with Gasteiger partial charge in [-0.1, -0.05) is 43.3 Å². The Bertz CT molecular complexity index is 1060. The lowest BCUT2D eigenvalue weighted by molar-refractivity contribution is 0.0220. The number of rotatable bonds is 11. The van der Waals surface area contributed by atoms with Gasteiger partial charge in [0, 0.05) is 25.8 Å². The zero-order valence-corrected chi connectivity index (χ0v) is 22.0. The summed E-state index contributed by atoms with van der Waals surface area (Å²) in [6.07, 6.45) is 0.847. The van der Waals surface area contributed by atoms with Crippen LogP contribution in [0.1, 0.15) is 26.3 Å². The standard InChI is InChI=1S/C25H33ClN2O4Si/c1-7-18-14-20(30-16-29-12-13-33(4,5)6)9-10-21(18)24-27-25(32-28-24)19-8-11-23(22(26)15-19)31-17(2)3/h8-11,14-15,17H,7,12-13,16H2,1-6H3. The average Bonchev–Trinajstić information content (AvgIpc) is 3.23. The van der Waals surface area contributed by atoms with Crippen LogP contribution in [-0.2, 0) is 11.2 Å². The van der Waals surface area contributed by atoms with Crippen molar-refractivity contribution in [3.05, 3.63) is 47.0 Å². The largest absolute Gasteiger partial charge is 0.489 e. The van der Waals surface area contributed by atoms with Crippen LogP contribution in [0.4, 0.5) is 0 Å². The number of nitrogens with zero attached hydrogens (tertiary/aromatic N) is 2. The average molecular weight is 489 g/mol. The molecule has 0 aliphatic carbocycles. The van der Waals surface area contributed by atoms with Crippen LogP contribution < -0.4 is 9.47 Å². The van der Waals surface area contributed by atoms with Crippen molar-refractivity contribution in [3.8, 4) is 34.3 Å². The highest BCUT2D eigenvalue weighted by Gasteiger charge is 2.16. The lowest BCUT2D eigenvalue weighted by Crippen LogP contribution is -2.22. The summed E-state index contributed by atoms with van der Waals surface area (Å²) in [5, 5.41) is 4.69. The van der Waals surface area contributed by atoms with Crippen LogP contribution >= 0.6 is 11.6 Å². The van der Waals surface area contributed by atoms with Crippen molar-refractivity contribution >= 4 is 19.7 Å². The third-order valence-electron chi connectivity index (χ3n) is 4.97. The summed E-state index contributed by atoms with van der Waals surface area (Å²) >= 11 is 6.36. The fraction of sp³-hybridized carbons (Fsp3) is 0.440. The zero-order valence-electron chi connectivity index (χ0n) is 20.3. The minimum atomic E-state index is -1.10. The van der Waals surface area contributed by atoms with Gasteiger partial charge in [0.1, 0.15) is 11.5 Å². The molecular formula is C25H33ClN2O4Si. The van der Waals surface area contributed by atoms with Crippen molar-refractivity contribution in [2.24, 2.45) is 0 Å². The SMILES string of the molecule is CCc1cc(OCOCC[Si](C)(C)C)ccc1-c1noc(-c2ccc(OC(C)C)c(Cl)c2)n1. The Kier molecular flexibility index (Phi) is 8.56. The second-order valence-corrected chi connectivity index (χ2v) is 15.4. The van der Waals surface area contributed by atoms with Gasteiger partial charge in [-0.3, -0.25) is 0 Å². The summed E-state index contributed by atoms with van der Waals surface area (Å²) < 4.78 is 22.6. The molecule has 0 aliphatic rings. The molecule has 1 aromatic heterocycles. The third kappa shape index (κ3) is 7.32. The maximum absolute atomic E-state index is 6.36. The summed E-state index contributed by atoms with van der Waals surface area (Å²) in [7, 11) is -1.10. The number of halogens is 1. The molecule has 33 heavy (non-hydrogen) atoms. The van der Waals surface area contributed by atoms with E-state index in [2.05, 4.69) is 36.7 Å². The normalized spacial score (nSPS) is 11.8. The van der Waals surface area contributed by atoms with Crippen LogP contribution in [0, 0.1) is 0 Å². The molecule has 0 fully saturated rings. The van der Waals surface area contributed by atoms with Gasteiger partial charge in [0.2, 0.25) is 5.82 Å². The van der Waals surface area contributed by atoms with Gasteiger partial charge in [-0.25, -0.2) is 0 Å². The summed E-state index contributed by atoms with van der Waals surface area (Å²) in [5.74, 6) is 2.32. The Labute approximate surface area is 202 Å². The number of hydrogen-bond acceptors (Lipinski definition) is 6. The molecule has 0 N–H and O–H groups in total. The fourth-order valence-electron chi connectivity index (χ4n) is 3.15. The van der Waals surface area contributed by atoms with Crippen molar-refractivity contribution in [2.45, 2.75) is 59.0 Å². The van der Waals surface area contributed by atoms with E-state index in [1.807, 2.05) is 44.2 Å². The molecule has 0 radical (unpaired) electrons. The molecule has 1 heterocycles. The molecule has 0 amide bonds. The maximum atomic E-state index is 6.36. The van der Waals surface area contributed by atoms with E-state index in [1.54, 1.807) is 6.07 Å². The Hall–Kier alpha value is -2.35. The monoisotopic (exact) mass is 488 g/mol. The molecule has 0 saturated heterocycles. The molecule has 0 spiro atoms. The van der Waals surface area contributed by atoms with Gasteiger partial charge >= 0.3 is 0 Å². The van der Waals surface area contributed by atoms with Gasteiger partial charge in [-0.2, -0.15) is 4.98 Å². The van der Waals surface area contributed by atoms with Crippen LogP contribution in [-0.4, -0.2) is 37.7 Å². The predicted molar refractivity (Wildman–Crippen MR) is 135 cm³/mol. The second-order valence-electron chi connectivity index (χ2n) is 9.39. The van der Waals surface area contributed by atoms with Gasteiger partial charge in [-0.15, -0.1) is 0 Å². The van der Waals surface area contributed by atoms with Gasteiger partial charge < -0.3 is 18.7 Å². The smallest absolute Gasteiger partial charge is 0.258 e. The van der Waals surface area contributed by atoms with Crippen molar-refractivity contribution in [3.63, 3.8) is 0 Å². The van der Waals surface area contributed by atoms with E-state index in [9.17, 15) is 0 Å². The molecule has 6 nitrogen and oxygen atoms in total. The quantitative estimate of drug-likeness (QED) is 0.163. The number of aromatic nitrogens is 2. The van der Waals surface area contributed by atoms with Crippen molar-refractivity contribution in [2.75, 3.05) is 13.4 Å². The molecule has 8 heteroatoms. The predicted octanol–water partition coefficient (Wildman–Crippen LogP) is 7.10. The minimum absolute atomic E-state index is 0.0412. The minimum Gasteiger partial charge on any atom is -0.489 e. The zero-order chi connectivity index (χ0) is 24.0. The highest BCUT2D eigenvalue weighted by Crippen LogP contribution is 2.32. The van der Waals surface area contributed by atoms with Crippen LogP contribution in [0.25, 0.3) is 22.8 Å². The van der Waals surface area contributed by atoms with E-state index in [0.29, 0.717) is 22.5 Å². The lowest BCUT2D eigenvalue weighted by atomic mass is 10.0. The topological polar surface area (TPSA) is 66.6 Å². The first-order chi connectivity index (χ1) is 15.7.